The molecule has 2 aromatic rings. The first kappa shape index (κ1) is 11.3. The van der Waals surface area contributed by atoms with E-state index in [1.165, 1.54) is 6.92 Å². The van der Waals surface area contributed by atoms with Gasteiger partial charge in [0.25, 0.3) is 0 Å². The Morgan fingerprint density at radius 2 is 2.18 bits per heavy atom. The first-order valence-corrected chi connectivity index (χ1v) is 5.28. The molecule has 0 aliphatic carbocycles. The van der Waals surface area contributed by atoms with Crippen LogP contribution in [0.2, 0.25) is 0 Å². The molecule has 2 rings (SSSR count). The summed E-state index contributed by atoms with van der Waals surface area (Å²) in [5.41, 5.74) is 0.826. The lowest BCUT2D eigenvalue weighted by molar-refractivity contribution is -0.114. The highest BCUT2D eigenvalue weighted by Gasteiger charge is 2.09. The van der Waals surface area contributed by atoms with E-state index in [-0.39, 0.29) is 5.91 Å². The van der Waals surface area contributed by atoms with Crippen LogP contribution < -0.4 is 10.2 Å². The van der Waals surface area contributed by atoms with Gasteiger partial charge in [0.2, 0.25) is 5.91 Å². The van der Waals surface area contributed by atoms with Crippen LogP contribution in [0.4, 0.5) is 11.6 Å². The molecule has 0 atom stereocenters. The van der Waals surface area contributed by atoms with Crippen LogP contribution in [0.25, 0.3) is 10.9 Å². The Hall–Kier alpha value is -2.17. The van der Waals surface area contributed by atoms with E-state index in [9.17, 15) is 4.79 Å². The number of pyridine rings is 2. The number of aromatic nitrogens is 2. The smallest absolute Gasteiger partial charge is 0.222 e. The second kappa shape index (κ2) is 4.37. The Labute approximate surface area is 99.5 Å². The van der Waals surface area contributed by atoms with Crippen molar-refractivity contribution in [2.75, 3.05) is 24.3 Å². The number of carbonyl (C=O) groups is 1. The van der Waals surface area contributed by atoms with Crippen LogP contribution in [0.1, 0.15) is 6.92 Å². The van der Waals surface area contributed by atoms with Crippen molar-refractivity contribution in [3.63, 3.8) is 0 Å². The van der Waals surface area contributed by atoms with Crippen LogP contribution in [0.5, 0.6) is 0 Å². The van der Waals surface area contributed by atoms with E-state index in [0.29, 0.717) is 5.82 Å². The summed E-state index contributed by atoms with van der Waals surface area (Å²) in [6, 6.07) is 5.62. The van der Waals surface area contributed by atoms with Crippen molar-refractivity contribution in [1.29, 1.82) is 0 Å². The van der Waals surface area contributed by atoms with Gasteiger partial charge in [-0.1, -0.05) is 6.07 Å². The van der Waals surface area contributed by atoms with Gasteiger partial charge in [-0.05, 0) is 12.1 Å². The summed E-state index contributed by atoms with van der Waals surface area (Å²) in [6.45, 7) is 1.46. The summed E-state index contributed by atoms with van der Waals surface area (Å²) in [4.78, 5) is 21.6. The predicted octanol–water partition coefficient (Wildman–Crippen LogP) is 1.65. The van der Waals surface area contributed by atoms with Gasteiger partial charge in [0.15, 0.2) is 5.82 Å². The summed E-state index contributed by atoms with van der Waals surface area (Å²) < 4.78 is 0. The summed E-state index contributed by atoms with van der Waals surface area (Å²) in [7, 11) is 3.79. The van der Waals surface area contributed by atoms with Gasteiger partial charge >= 0.3 is 0 Å². The molecule has 5 heteroatoms. The predicted molar refractivity (Wildman–Crippen MR) is 68.2 cm³/mol. The number of nitrogens with zero attached hydrogens (tertiary/aromatic N) is 3. The minimum absolute atomic E-state index is 0.134. The van der Waals surface area contributed by atoms with E-state index in [1.54, 1.807) is 6.20 Å². The number of hydrogen-bond donors (Lipinski definition) is 1. The minimum Gasteiger partial charge on any atom is -0.361 e. The molecule has 0 aliphatic rings. The Bertz CT molecular complexity index is 565. The molecule has 0 saturated carbocycles. The lowest BCUT2D eigenvalue weighted by Crippen LogP contribution is -2.14. The molecule has 0 bridgehead atoms. The Balaban J connectivity index is 2.62. The second-order valence-electron chi connectivity index (χ2n) is 3.98. The number of fused-ring (bicyclic) bond motifs is 1. The SMILES string of the molecule is CC(=O)Nc1cc2cccnc2c(N(C)C)n1. The lowest BCUT2D eigenvalue weighted by atomic mass is 10.2. The molecule has 0 unspecified atom stereocenters. The zero-order chi connectivity index (χ0) is 12.4. The van der Waals surface area contributed by atoms with Gasteiger partial charge in [-0.3, -0.25) is 9.78 Å². The molecule has 1 N–H and O–H groups in total. The van der Waals surface area contributed by atoms with Gasteiger partial charge in [0, 0.05) is 32.6 Å². The standard InChI is InChI=1S/C12H14N4O/c1-8(17)14-10-7-9-5-4-6-13-11(9)12(15-10)16(2)3/h4-7H,1-3H3,(H,14,15,17). The van der Waals surface area contributed by atoms with Crippen molar-refractivity contribution < 1.29 is 4.79 Å². The molecule has 0 aromatic carbocycles. The van der Waals surface area contributed by atoms with Gasteiger partial charge in [0.1, 0.15) is 11.3 Å². The summed E-state index contributed by atoms with van der Waals surface area (Å²) in [5, 5.41) is 3.64. The normalized spacial score (nSPS) is 10.3. The van der Waals surface area contributed by atoms with Crippen molar-refractivity contribution in [3.8, 4) is 0 Å². The Morgan fingerprint density at radius 1 is 1.41 bits per heavy atom. The fourth-order valence-corrected chi connectivity index (χ4v) is 1.62. The highest BCUT2D eigenvalue weighted by Crippen LogP contribution is 2.24. The van der Waals surface area contributed by atoms with Crippen LogP contribution in [0, 0.1) is 0 Å². The first-order valence-electron chi connectivity index (χ1n) is 5.28. The van der Waals surface area contributed by atoms with Crippen molar-refractivity contribution in [1.82, 2.24) is 9.97 Å². The Kier molecular flexibility index (Phi) is 2.91. The summed E-state index contributed by atoms with van der Waals surface area (Å²) >= 11 is 0. The largest absolute Gasteiger partial charge is 0.361 e. The molecule has 0 spiro atoms. The van der Waals surface area contributed by atoms with Crippen LogP contribution in [0.3, 0.4) is 0 Å². The molecule has 0 aliphatic heterocycles. The average molecular weight is 230 g/mol. The highest BCUT2D eigenvalue weighted by molar-refractivity contribution is 5.94. The summed E-state index contributed by atoms with van der Waals surface area (Å²) in [5.74, 6) is 1.15. The number of anilines is 2. The fourth-order valence-electron chi connectivity index (χ4n) is 1.62. The van der Waals surface area contributed by atoms with Crippen LogP contribution in [-0.4, -0.2) is 30.0 Å². The minimum atomic E-state index is -0.134. The zero-order valence-corrected chi connectivity index (χ0v) is 10.1. The van der Waals surface area contributed by atoms with E-state index < -0.39 is 0 Å². The van der Waals surface area contributed by atoms with E-state index in [0.717, 1.165) is 16.7 Å². The van der Waals surface area contributed by atoms with Gasteiger partial charge < -0.3 is 10.2 Å². The third kappa shape index (κ3) is 2.33. The van der Waals surface area contributed by atoms with Crippen LogP contribution >= 0.6 is 0 Å². The van der Waals surface area contributed by atoms with Gasteiger partial charge in [0.05, 0.1) is 0 Å². The number of rotatable bonds is 2. The monoisotopic (exact) mass is 230 g/mol. The van der Waals surface area contributed by atoms with Gasteiger partial charge in [-0.25, -0.2) is 4.98 Å². The molecule has 2 heterocycles. The molecule has 0 saturated heterocycles. The number of hydrogen-bond acceptors (Lipinski definition) is 4. The fraction of sp³-hybridized carbons (Fsp3) is 0.250. The molecule has 5 nitrogen and oxygen atoms in total. The van der Waals surface area contributed by atoms with Crippen molar-refractivity contribution in [3.05, 3.63) is 24.4 Å². The van der Waals surface area contributed by atoms with E-state index >= 15 is 0 Å². The maximum atomic E-state index is 11.1. The Morgan fingerprint density at radius 3 is 2.82 bits per heavy atom. The lowest BCUT2D eigenvalue weighted by Gasteiger charge is -2.15. The van der Waals surface area contributed by atoms with E-state index in [1.807, 2.05) is 37.2 Å². The van der Waals surface area contributed by atoms with Crippen molar-refractivity contribution >= 4 is 28.4 Å². The van der Waals surface area contributed by atoms with Crippen LogP contribution in [-0.2, 0) is 4.79 Å². The molecule has 0 fully saturated rings. The van der Waals surface area contributed by atoms with E-state index in [2.05, 4.69) is 15.3 Å². The van der Waals surface area contributed by atoms with Gasteiger partial charge in [-0.2, -0.15) is 0 Å². The quantitative estimate of drug-likeness (QED) is 0.852. The highest BCUT2D eigenvalue weighted by atomic mass is 16.1. The van der Waals surface area contributed by atoms with Crippen molar-refractivity contribution in [2.45, 2.75) is 6.92 Å². The summed E-state index contributed by atoms with van der Waals surface area (Å²) in [6.07, 6.45) is 1.73. The van der Waals surface area contributed by atoms with Gasteiger partial charge in [-0.15, -0.1) is 0 Å². The topological polar surface area (TPSA) is 58.1 Å². The first-order chi connectivity index (χ1) is 8.08. The molecule has 1 amide bonds. The average Bonchev–Trinajstić information content (AvgIpc) is 2.27. The van der Waals surface area contributed by atoms with Crippen molar-refractivity contribution in [2.24, 2.45) is 0 Å². The molecule has 17 heavy (non-hydrogen) atoms. The van der Waals surface area contributed by atoms with E-state index in [4.69, 9.17) is 0 Å². The molecule has 0 radical (unpaired) electrons. The number of nitrogens with one attached hydrogen (secondary N) is 1. The maximum absolute atomic E-state index is 11.1. The second-order valence-corrected chi connectivity index (χ2v) is 3.98. The third-order valence-electron chi connectivity index (χ3n) is 2.30. The molecular weight excluding hydrogens is 216 g/mol. The molecular formula is C12H14N4O. The molecule has 2 aromatic heterocycles. The van der Waals surface area contributed by atoms with Crippen LogP contribution in [0.15, 0.2) is 24.4 Å². The third-order valence-corrected chi connectivity index (χ3v) is 2.30. The number of amides is 1. The zero-order valence-electron chi connectivity index (χ0n) is 10.1. The molecule has 88 valence electrons. The number of carbonyl (C=O) groups excluding carboxylic acids is 1. The maximum Gasteiger partial charge on any atom is 0.222 e.